The van der Waals surface area contributed by atoms with Crippen molar-refractivity contribution in [2.45, 2.75) is 419 Å². The van der Waals surface area contributed by atoms with Crippen LogP contribution in [0.25, 0.3) is 0 Å². The van der Waals surface area contributed by atoms with E-state index in [0.717, 1.165) is 102 Å². The number of hydrogen-bond acceptors (Lipinski definition) is 15. The van der Waals surface area contributed by atoms with Crippen molar-refractivity contribution < 1.29 is 80.2 Å². The Morgan fingerprint density at radius 2 is 0.500 bits per heavy atom. The van der Waals surface area contributed by atoms with Crippen LogP contribution in [0, 0.1) is 11.8 Å². The van der Waals surface area contributed by atoms with Gasteiger partial charge in [-0.25, -0.2) is 9.13 Å². The topological polar surface area (TPSA) is 237 Å². The number of hydrogen-bond donors (Lipinski definition) is 3. The third-order valence-corrected chi connectivity index (χ3v) is 20.6. The summed E-state index contributed by atoms with van der Waals surface area (Å²) in [6, 6.07) is 0. The zero-order valence-corrected chi connectivity index (χ0v) is 64.5. The van der Waals surface area contributed by atoms with E-state index in [9.17, 15) is 43.2 Å². The van der Waals surface area contributed by atoms with Crippen molar-refractivity contribution in [2.75, 3.05) is 39.6 Å². The van der Waals surface area contributed by atoms with Crippen LogP contribution in [0.15, 0.2) is 0 Å². The Labute approximate surface area is 588 Å². The Bertz CT molecular complexity index is 1860. The van der Waals surface area contributed by atoms with Crippen molar-refractivity contribution in [1.82, 2.24) is 0 Å². The molecular formula is C77H150O17P2. The standard InChI is InChI=1S/C77H150O17P2/c1-7-11-13-15-17-19-21-22-23-24-25-26-27-28-29-30-32-34-43-49-55-61-76(81)93-72(66-88-75(80)60-54-48-42-37-35-39-45-51-57-69(5)9-3)67-91-95(83,84)89-63-71(78)64-90-96(85,86)92-68-73(65-87-74(79)59-53-47-41-33-31-20-18-16-14-12-8-2)94-77(82)62-56-50-44-38-36-40-46-52-58-70(6)10-4/h69-73,78H,7-68H2,1-6H3,(H,83,84)(H,85,86)/t69?,70?,71-,72-,73-/m1/s1. The average molecular weight is 1410 g/mol. The van der Waals surface area contributed by atoms with Gasteiger partial charge in [0.25, 0.3) is 0 Å². The van der Waals surface area contributed by atoms with Crippen molar-refractivity contribution in [3.8, 4) is 0 Å². The number of rotatable bonds is 76. The maximum absolute atomic E-state index is 13.1. The number of phosphoric ester groups is 2. The molecule has 570 valence electrons. The molecule has 0 heterocycles. The fraction of sp³-hybridized carbons (Fsp3) is 0.948. The summed E-state index contributed by atoms with van der Waals surface area (Å²) < 4.78 is 68.5. The van der Waals surface area contributed by atoms with Gasteiger partial charge < -0.3 is 33.8 Å². The van der Waals surface area contributed by atoms with E-state index in [4.69, 9.17) is 37.0 Å². The quantitative estimate of drug-likeness (QED) is 0.0222. The molecule has 0 aliphatic carbocycles. The Hall–Kier alpha value is -1.94. The highest BCUT2D eigenvalue weighted by Gasteiger charge is 2.30. The smallest absolute Gasteiger partial charge is 0.462 e. The lowest BCUT2D eigenvalue weighted by molar-refractivity contribution is -0.161. The Morgan fingerprint density at radius 3 is 0.740 bits per heavy atom. The van der Waals surface area contributed by atoms with Gasteiger partial charge in [0.15, 0.2) is 12.2 Å². The number of carbonyl (C=O) groups excluding carboxylic acids is 4. The van der Waals surface area contributed by atoms with Crippen molar-refractivity contribution in [1.29, 1.82) is 0 Å². The molecular weight excluding hydrogens is 1260 g/mol. The van der Waals surface area contributed by atoms with Crippen LogP contribution >= 0.6 is 15.6 Å². The second-order valence-electron chi connectivity index (χ2n) is 28.2. The van der Waals surface area contributed by atoms with Gasteiger partial charge in [-0.2, -0.15) is 0 Å². The van der Waals surface area contributed by atoms with Crippen molar-refractivity contribution in [3.05, 3.63) is 0 Å². The summed E-state index contributed by atoms with van der Waals surface area (Å²) in [5, 5.41) is 10.6. The molecule has 0 aliphatic heterocycles. The monoisotopic (exact) mass is 1410 g/mol. The van der Waals surface area contributed by atoms with Crippen LogP contribution in [0.4, 0.5) is 0 Å². The zero-order chi connectivity index (χ0) is 70.7. The maximum Gasteiger partial charge on any atom is 0.472 e. The van der Waals surface area contributed by atoms with Gasteiger partial charge in [-0.15, -0.1) is 0 Å². The van der Waals surface area contributed by atoms with E-state index in [0.29, 0.717) is 25.7 Å². The van der Waals surface area contributed by atoms with Gasteiger partial charge in [0, 0.05) is 25.7 Å². The van der Waals surface area contributed by atoms with Gasteiger partial charge in [-0.3, -0.25) is 37.3 Å². The lowest BCUT2D eigenvalue weighted by atomic mass is 9.99. The number of aliphatic hydroxyl groups is 1. The summed E-state index contributed by atoms with van der Waals surface area (Å²) in [4.78, 5) is 72.8. The van der Waals surface area contributed by atoms with Crippen LogP contribution in [0.3, 0.4) is 0 Å². The average Bonchev–Trinajstić information content (AvgIpc) is 2.84. The van der Waals surface area contributed by atoms with Crippen molar-refractivity contribution >= 4 is 39.5 Å². The SMILES string of the molecule is CCCCCCCCCCCCCCCCCCCCCCCC(=O)O[C@H](COC(=O)CCCCCCCCCCC(C)CC)COP(=O)(O)OC[C@@H](O)COP(=O)(O)OC[C@@H](COC(=O)CCCCCCCCCCCCC)OC(=O)CCCCCCCCCCC(C)CC. The minimum atomic E-state index is -4.96. The third kappa shape index (κ3) is 67.9. The van der Waals surface area contributed by atoms with Gasteiger partial charge in [-0.1, -0.05) is 350 Å². The first-order chi connectivity index (χ1) is 46.4. The molecule has 0 aliphatic rings. The molecule has 0 amide bonds. The summed E-state index contributed by atoms with van der Waals surface area (Å²) in [7, 11) is -9.91. The van der Waals surface area contributed by atoms with Gasteiger partial charge in [0.2, 0.25) is 0 Å². The fourth-order valence-electron chi connectivity index (χ4n) is 11.8. The minimum Gasteiger partial charge on any atom is -0.462 e. The van der Waals surface area contributed by atoms with E-state index in [1.807, 2.05) is 0 Å². The highest BCUT2D eigenvalue weighted by atomic mass is 31.2. The molecule has 17 nitrogen and oxygen atoms in total. The first-order valence-corrected chi connectivity index (χ1v) is 43.1. The van der Waals surface area contributed by atoms with Gasteiger partial charge in [-0.05, 0) is 37.5 Å². The van der Waals surface area contributed by atoms with E-state index in [2.05, 4.69) is 41.5 Å². The van der Waals surface area contributed by atoms with E-state index < -0.39 is 97.5 Å². The Morgan fingerprint density at radius 1 is 0.292 bits per heavy atom. The minimum absolute atomic E-state index is 0.105. The van der Waals surface area contributed by atoms with Crippen LogP contribution in [-0.4, -0.2) is 96.7 Å². The predicted octanol–water partition coefficient (Wildman–Crippen LogP) is 22.7. The zero-order valence-electron chi connectivity index (χ0n) is 62.7. The molecule has 7 atom stereocenters. The van der Waals surface area contributed by atoms with Crippen LogP contribution in [0.5, 0.6) is 0 Å². The predicted molar refractivity (Wildman–Crippen MR) is 391 cm³/mol. The first kappa shape index (κ1) is 94.1. The van der Waals surface area contributed by atoms with E-state index in [-0.39, 0.29) is 25.7 Å². The van der Waals surface area contributed by atoms with Crippen LogP contribution in [0.1, 0.15) is 401 Å². The number of carbonyl (C=O) groups is 4. The molecule has 0 bridgehead atoms. The van der Waals surface area contributed by atoms with Crippen molar-refractivity contribution in [3.63, 3.8) is 0 Å². The molecule has 3 N–H and O–H groups in total. The maximum atomic E-state index is 13.1. The Balaban J connectivity index is 5.21. The number of unbranched alkanes of at least 4 members (excludes halogenated alkanes) is 44. The van der Waals surface area contributed by atoms with Crippen molar-refractivity contribution in [2.24, 2.45) is 11.8 Å². The van der Waals surface area contributed by atoms with E-state index in [1.54, 1.807) is 0 Å². The van der Waals surface area contributed by atoms with Crippen LogP contribution in [0.2, 0.25) is 0 Å². The molecule has 0 saturated heterocycles. The first-order valence-electron chi connectivity index (χ1n) is 40.1. The summed E-state index contributed by atoms with van der Waals surface area (Å²) in [6.07, 6.45) is 56.9. The fourth-order valence-corrected chi connectivity index (χ4v) is 13.3. The second kappa shape index (κ2) is 68.8. The normalized spacial score (nSPS) is 14.6. The highest BCUT2D eigenvalue weighted by molar-refractivity contribution is 7.47. The Kier molecular flexibility index (Phi) is 67.4. The van der Waals surface area contributed by atoms with E-state index in [1.165, 1.54) is 218 Å². The van der Waals surface area contributed by atoms with Crippen LogP contribution in [-0.2, 0) is 65.4 Å². The molecule has 0 fully saturated rings. The molecule has 0 saturated carbocycles. The van der Waals surface area contributed by atoms with Gasteiger partial charge >= 0.3 is 39.5 Å². The summed E-state index contributed by atoms with van der Waals surface area (Å²) >= 11 is 0. The molecule has 0 spiro atoms. The molecule has 0 aromatic heterocycles. The number of ether oxygens (including phenoxy) is 4. The molecule has 0 rings (SSSR count). The van der Waals surface area contributed by atoms with E-state index >= 15 is 0 Å². The highest BCUT2D eigenvalue weighted by Crippen LogP contribution is 2.45. The molecule has 96 heavy (non-hydrogen) atoms. The lowest BCUT2D eigenvalue weighted by Gasteiger charge is -2.21. The molecule has 0 radical (unpaired) electrons. The summed E-state index contributed by atoms with van der Waals surface area (Å²) in [5.41, 5.74) is 0. The number of esters is 4. The lowest BCUT2D eigenvalue weighted by Crippen LogP contribution is -2.30. The molecule has 0 aromatic carbocycles. The number of aliphatic hydroxyl groups excluding tert-OH is 1. The summed E-state index contributed by atoms with van der Waals surface area (Å²) in [6.45, 7) is 9.59. The molecule has 4 unspecified atom stereocenters. The molecule has 0 aromatic rings. The van der Waals surface area contributed by atoms with Gasteiger partial charge in [0.1, 0.15) is 19.3 Å². The number of phosphoric acid groups is 2. The largest absolute Gasteiger partial charge is 0.472 e. The molecule has 19 heteroatoms. The summed E-state index contributed by atoms with van der Waals surface area (Å²) in [5.74, 6) is -0.570. The van der Waals surface area contributed by atoms with Gasteiger partial charge in [0.05, 0.1) is 26.4 Å². The van der Waals surface area contributed by atoms with Crippen LogP contribution < -0.4 is 0 Å². The third-order valence-electron chi connectivity index (χ3n) is 18.7. The second-order valence-corrected chi connectivity index (χ2v) is 31.1.